The lowest BCUT2D eigenvalue weighted by atomic mass is 9.96. The maximum absolute atomic E-state index is 12.4. The molecule has 0 aliphatic rings. The molecule has 0 saturated heterocycles. The zero-order valence-electron chi connectivity index (χ0n) is 24.0. The van der Waals surface area contributed by atoms with E-state index >= 15 is 0 Å². The summed E-state index contributed by atoms with van der Waals surface area (Å²) in [4.78, 5) is 0. The summed E-state index contributed by atoms with van der Waals surface area (Å²) in [5.41, 5.74) is 2.94. The number of benzene rings is 3. The van der Waals surface area contributed by atoms with Gasteiger partial charge < -0.3 is 27.3 Å². The van der Waals surface area contributed by atoms with E-state index in [2.05, 4.69) is 0 Å². The van der Waals surface area contributed by atoms with Crippen molar-refractivity contribution in [2.45, 2.75) is 20.8 Å². The Bertz CT molecular complexity index is 1620. The molecule has 0 atom stereocenters. The van der Waals surface area contributed by atoms with Gasteiger partial charge in [0.25, 0.3) is 0 Å². The first kappa shape index (κ1) is 31.6. The number of hydrogen-bond acceptors (Lipinski definition) is 10. The summed E-state index contributed by atoms with van der Waals surface area (Å²) < 4.78 is 81.4. The van der Waals surface area contributed by atoms with Crippen molar-refractivity contribution >= 4 is 20.2 Å². The van der Waals surface area contributed by atoms with Crippen molar-refractivity contribution in [2.75, 3.05) is 39.9 Å². The average molecular weight is 607 g/mol. The van der Waals surface area contributed by atoms with Crippen molar-refractivity contribution in [1.82, 2.24) is 0 Å². The van der Waals surface area contributed by atoms with Crippen molar-refractivity contribution < 1.29 is 44.1 Å². The Morgan fingerprint density at radius 3 is 1.90 bits per heavy atom. The van der Waals surface area contributed by atoms with Crippen LogP contribution in [0.1, 0.15) is 20.8 Å². The predicted molar refractivity (Wildman–Crippen MR) is 157 cm³/mol. The third-order valence-electron chi connectivity index (χ3n) is 5.53. The third-order valence-corrected chi connectivity index (χ3v) is 6.50. The Morgan fingerprint density at radius 2 is 1.37 bits per heavy atom. The van der Waals surface area contributed by atoms with Crippen LogP contribution in [0.15, 0.2) is 60.2 Å². The SMILES string of the molecule is CCOc1cc(-c2c(OC)cc(-c3ccc(OS(C)(=O)=O)cc3)c(OC)c2OS(C)(=O)=O)ccc1OCC=C(C)C. The third kappa shape index (κ3) is 8.54. The fraction of sp³-hybridized carbons (Fsp3) is 0.310. The van der Waals surface area contributed by atoms with Crippen LogP contribution < -0.4 is 27.3 Å². The van der Waals surface area contributed by atoms with E-state index in [-0.39, 0.29) is 23.0 Å². The molecule has 3 aromatic rings. The molecule has 0 aliphatic heterocycles. The van der Waals surface area contributed by atoms with Crippen molar-refractivity contribution in [2.24, 2.45) is 0 Å². The summed E-state index contributed by atoms with van der Waals surface area (Å²) in [6.07, 6.45) is 3.81. The normalized spacial score (nSPS) is 11.4. The van der Waals surface area contributed by atoms with E-state index in [1.807, 2.05) is 26.8 Å². The minimum Gasteiger partial charge on any atom is -0.496 e. The fourth-order valence-electron chi connectivity index (χ4n) is 3.91. The van der Waals surface area contributed by atoms with Crippen LogP contribution in [0.5, 0.6) is 34.5 Å². The molecule has 0 radical (unpaired) electrons. The van der Waals surface area contributed by atoms with E-state index in [1.54, 1.807) is 36.4 Å². The molecule has 0 aromatic heterocycles. The smallest absolute Gasteiger partial charge is 0.306 e. The zero-order chi connectivity index (χ0) is 30.4. The second-order valence-corrected chi connectivity index (χ2v) is 12.3. The van der Waals surface area contributed by atoms with Gasteiger partial charge in [-0.25, -0.2) is 0 Å². The number of methoxy groups -OCH3 is 2. The van der Waals surface area contributed by atoms with Crippen LogP contribution in [-0.4, -0.2) is 56.8 Å². The highest BCUT2D eigenvalue weighted by atomic mass is 32.2. The minimum atomic E-state index is -4.02. The van der Waals surface area contributed by atoms with E-state index in [0.717, 1.165) is 18.1 Å². The summed E-state index contributed by atoms with van der Waals surface area (Å²) in [6, 6.07) is 13.0. The topological polar surface area (TPSA) is 124 Å². The van der Waals surface area contributed by atoms with Gasteiger partial charge in [0.1, 0.15) is 18.1 Å². The van der Waals surface area contributed by atoms with Crippen LogP contribution in [0.4, 0.5) is 0 Å². The molecule has 0 amide bonds. The van der Waals surface area contributed by atoms with Crippen LogP contribution in [0.2, 0.25) is 0 Å². The quantitative estimate of drug-likeness (QED) is 0.183. The van der Waals surface area contributed by atoms with E-state index < -0.39 is 20.2 Å². The van der Waals surface area contributed by atoms with Gasteiger partial charge in [0, 0.05) is 5.56 Å². The Morgan fingerprint density at radius 1 is 0.732 bits per heavy atom. The standard InChI is InChI=1S/C29H34O10S2/c1-8-36-25-17-21(11-14-24(25)37-16-15-19(2)3)27-26(34-4)18-23(28(35-5)29(27)39-41(7,32)33)20-9-12-22(13-10-20)38-40(6,30)31/h9-15,17-18H,8,16H2,1-7H3. The Balaban J connectivity index is 2.25. The van der Waals surface area contributed by atoms with E-state index in [0.29, 0.717) is 47.0 Å². The molecule has 10 nitrogen and oxygen atoms in total. The van der Waals surface area contributed by atoms with Crippen molar-refractivity contribution in [3.63, 3.8) is 0 Å². The monoisotopic (exact) mass is 606 g/mol. The van der Waals surface area contributed by atoms with Crippen molar-refractivity contribution in [3.8, 4) is 56.8 Å². The number of hydrogen-bond donors (Lipinski definition) is 0. The second kappa shape index (κ2) is 13.2. The lowest BCUT2D eigenvalue weighted by Crippen LogP contribution is -2.09. The highest BCUT2D eigenvalue weighted by Gasteiger charge is 2.27. The van der Waals surface area contributed by atoms with Gasteiger partial charge in [-0.1, -0.05) is 23.8 Å². The maximum Gasteiger partial charge on any atom is 0.306 e. The molecule has 0 saturated carbocycles. The molecule has 12 heteroatoms. The molecule has 41 heavy (non-hydrogen) atoms. The highest BCUT2D eigenvalue weighted by Crippen LogP contribution is 2.51. The largest absolute Gasteiger partial charge is 0.496 e. The van der Waals surface area contributed by atoms with E-state index in [9.17, 15) is 16.8 Å². The molecule has 0 heterocycles. The molecule has 3 rings (SSSR count). The van der Waals surface area contributed by atoms with Crippen LogP contribution in [0, 0.1) is 0 Å². The van der Waals surface area contributed by atoms with Gasteiger partial charge >= 0.3 is 20.2 Å². The van der Waals surface area contributed by atoms with Crippen LogP contribution in [0.25, 0.3) is 22.3 Å². The van der Waals surface area contributed by atoms with Gasteiger partial charge in [-0.3, -0.25) is 0 Å². The van der Waals surface area contributed by atoms with Gasteiger partial charge in [-0.15, -0.1) is 0 Å². The van der Waals surface area contributed by atoms with Gasteiger partial charge in [-0.2, -0.15) is 16.8 Å². The summed E-state index contributed by atoms with van der Waals surface area (Å²) in [5, 5.41) is 0. The first-order valence-electron chi connectivity index (χ1n) is 12.5. The van der Waals surface area contributed by atoms with E-state index in [1.165, 1.54) is 26.4 Å². The fourth-order valence-corrected chi connectivity index (χ4v) is 4.84. The highest BCUT2D eigenvalue weighted by molar-refractivity contribution is 7.86. The molecular weight excluding hydrogens is 572 g/mol. The molecule has 3 aromatic carbocycles. The van der Waals surface area contributed by atoms with Crippen LogP contribution in [-0.2, 0) is 20.2 Å². The lowest BCUT2D eigenvalue weighted by molar-refractivity contribution is 0.296. The zero-order valence-corrected chi connectivity index (χ0v) is 25.6. The Kier molecular flexibility index (Phi) is 10.2. The number of allylic oxidation sites excluding steroid dienone is 1. The molecule has 0 unspecified atom stereocenters. The lowest BCUT2D eigenvalue weighted by Gasteiger charge is -2.21. The first-order chi connectivity index (χ1) is 19.3. The predicted octanol–water partition coefficient (Wildman–Crippen LogP) is 5.46. The summed E-state index contributed by atoms with van der Waals surface area (Å²) in [6.45, 7) is 6.51. The van der Waals surface area contributed by atoms with Crippen LogP contribution in [0.3, 0.4) is 0 Å². The second-order valence-electron chi connectivity index (χ2n) is 9.15. The van der Waals surface area contributed by atoms with Gasteiger partial charge in [0.2, 0.25) is 0 Å². The maximum atomic E-state index is 12.4. The van der Waals surface area contributed by atoms with Gasteiger partial charge in [0.05, 0.1) is 38.9 Å². The van der Waals surface area contributed by atoms with Crippen molar-refractivity contribution in [1.29, 1.82) is 0 Å². The van der Waals surface area contributed by atoms with Gasteiger partial charge in [-0.05, 0) is 68.3 Å². The van der Waals surface area contributed by atoms with E-state index in [4.69, 9.17) is 27.3 Å². The molecule has 0 fully saturated rings. The summed E-state index contributed by atoms with van der Waals surface area (Å²) in [5.74, 6) is 1.38. The van der Waals surface area contributed by atoms with Crippen molar-refractivity contribution in [3.05, 3.63) is 60.2 Å². The van der Waals surface area contributed by atoms with Gasteiger partial charge in [0.15, 0.2) is 23.0 Å². The Labute approximate surface area is 241 Å². The Hall–Kier alpha value is -3.90. The molecular formula is C29H34O10S2. The average Bonchev–Trinajstić information content (AvgIpc) is 2.87. The number of ether oxygens (including phenoxy) is 4. The molecule has 0 bridgehead atoms. The summed E-state index contributed by atoms with van der Waals surface area (Å²) >= 11 is 0. The molecule has 0 aliphatic carbocycles. The minimum absolute atomic E-state index is 0.0959. The number of rotatable bonds is 13. The molecule has 222 valence electrons. The summed E-state index contributed by atoms with van der Waals surface area (Å²) in [7, 11) is -4.91. The molecule has 0 spiro atoms. The van der Waals surface area contributed by atoms with Crippen LogP contribution >= 0.6 is 0 Å². The molecule has 0 N–H and O–H groups in total. The first-order valence-corrected chi connectivity index (χ1v) is 16.1.